The smallest absolute Gasteiger partial charge is 0.295 e. The normalized spacial score (nSPS) is 16.1. The van der Waals surface area contributed by atoms with Crippen LogP contribution in [0.5, 0.6) is 0 Å². The number of hydrogen-bond donors (Lipinski definition) is 1. The zero-order chi connectivity index (χ0) is 17.1. The van der Waals surface area contributed by atoms with Crippen molar-refractivity contribution in [1.29, 1.82) is 0 Å². The average molecular weight is 359 g/mol. The Labute approximate surface area is 149 Å². The van der Waals surface area contributed by atoms with E-state index in [4.69, 9.17) is 11.6 Å². The molecule has 122 valence electrons. The summed E-state index contributed by atoms with van der Waals surface area (Å²) < 4.78 is 0. The van der Waals surface area contributed by atoms with Crippen molar-refractivity contribution in [1.82, 2.24) is 4.90 Å². The standard InChI is InChI=1S/C18H15ClN2O2S/c1-12-6-8-14(9-7-12)20-11-21-17(22)16(24-18(21)23)10-13-4-2-3-5-15(13)19/h2-10,20H,11H2,1H3/b16-10-. The molecule has 0 aromatic heterocycles. The molecule has 0 atom stereocenters. The first-order chi connectivity index (χ1) is 11.5. The number of halogens is 1. The quantitative estimate of drug-likeness (QED) is 0.801. The maximum absolute atomic E-state index is 12.4. The van der Waals surface area contributed by atoms with E-state index in [1.54, 1.807) is 18.2 Å². The third-order valence-corrected chi connectivity index (χ3v) is 4.81. The molecular weight excluding hydrogens is 344 g/mol. The maximum atomic E-state index is 12.4. The molecule has 3 rings (SSSR count). The molecule has 1 fully saturated rings. The van der Waals surface area contributed by atoms with Crippen LogP contribution in [-0.4, -0.2) is 22.7 Å². The molecule has 0 spiro atoms. The lowest BCUT2D eigenvalue weighted by Crippen LogP contribution is -2.33. The van der Waals surface area contributed by atoms with Crippen molar-refractivity contribution in [2.24, 2.45) is 0 Å². The summed E-state index contributed by atoms with van der Waals surface area (Å²) in [6, 6.07) is 15.0. The van der Waals surface area contributed by atoms with Gasteiger partial charge in [0.15, 0.2) is 0 Å². The van der Waals surface area contributed by atoms with Gasteiger partial charge in [-0.2, -0.15) is 0 Å². The number of anilines is 1. The predicted octanol–water partition coefficient (Wildman–Crippen LogP) is 4.75. The third kappa shape index (κ3) is 3.63. The molecule has 0 bridgehead atoms. The van der Waals surface area contributed by atoms with E-state index in [2.05, 4.69) is 5.32 Å². The highest BCUT2D eigenvalue weighted by Crippen LogP contribution is 2.33. The predicted molar refractivity (Wildman–Crippen MR) is 98.9 cm³/mol. The number of amides is 2. The Morgan fingerprint density at radius 1 is 1.12 bits per heavy atom. The summed E-state index contributed by atoms with van der Waals surface area (Å²) in [7, 11) is 0. The topological polar surface area (TPSA) is 49.4 Å². The minimum Gasteiger partial charge on any atom is -0.367 e. The van der Waals surface area contributed by atoms with Crippen molar-refractivity contribution in [3.63, 3.8) is 0 Å². The van der Waals surface area contributed by atoms with Crippen molar-refractivity contribution >= 4 is 46.3 Å². The first-order valence-corrected chi connectivity index (χ1v) is 8.54. The number of hydrogen-bond acceptors (Lipinski definition) is 4. The molecule has 1 heterocycles. The van der Waals surface area contributed by atoms with Gasteiger partial charge in [-0.1, -0.05) is 47.5 Å². The summed E-state index contributed by atoms with van der Waals surface area (Å²) >= 11 is 7.02. The van der Waals surface area contributed by atoms with Crippen LogP contribution in [0, 0.1) is 6.92 Å². The molecule has 6 heteroatoms. The Hall–Kier alpha value is -2.24. The van der Waals surface area contributed by atoms with E-state index in [0.717, 1.165) is 28.6 Å². The molecule has 1 aliphatic heterocycles. The molecule has 24 heavy (non-hydrogen) atoms. The zero-order valence-electron chi connectivity index (χ0n) is 13.0. The molecule has 0 saturated carbocycles. The number of carbonyl (C=O) groups excluding carboxylic acids is 2. The van der Waals surface area contributed by atoms with Gasteiger partial charge in [0.25, 0.3) is 11.1 Å². The van der Waals surface area contributed by atoms with Gasteiger partial charge < -0.3 is 5.32 Å². The van der Waals surface area contributed by atoms with Gasteiger partial charge in [0.05, 0.1) is 11.6 Å². The third-order valence-electron chi connectivity index (χ3n) is 3.56. The van der Waals surface area contributed by atoms with Gasteiger partial charge in [0.2, 0.25) is 0 Å². The van der Waals surface area contributed by atoms with E-state index >= 15 is 0 Å². The van der Waals surface area contributed by atoms with Gasteiger partial charge in [0, 0.05) is 10.7 Å². The highest BCUT2D eigenvalue weighted by atomic mass is 35.5. The van der Waals surface area contributed by atoms with Crippen molar-refractivity contribution in [2.45, 2.75) is 6.92 Å². The van der Waals surface area contributed by atoms with Crippen LogP contribution >= 0.6 is 23.4 Å². The first-order valence-electron chi connectivity index (χ1n) is 7.35. The molecule has 0 aliphatic carbocycles. The fourth-order valence-corrected chi connectivity index (χ4v) is 3.23. The van der Waals surface area contributed by atoms with E-state index in [1.807, 2.05) is 43.3 Å². The summed E-state index contributed by atoms with van der Waals surface area (Å²) in [5.41, 5.74) is 2.72. The Morgan fingerprint density at radius 2 is 1.83 bits per heavy atom. The lowest BCUT2D eigenvalue weighted by Gasteiger charge is -2.14. The molecule has 2 aromatic carbocycles. The van der Waals surface area contributed by atoms with E-state index in [-0.39, 0.29) is 17.8 Å². The molecular formula is C18H15ClN2O2S. The van der Waals surface area contributed by atoms with Crippen molar-refractivity contribution < 1.29 is 9.59 Å². The van der Waals surface area contributed by atoms with Crippen LogP contribution in [0.4, 0.5) is 10.5 Å². The van der Waals surface area contributed by atoms with Crippen LogP contribution in [-0.2, 0) is 4.79 Å². The van der Waals surface area contributed by atoms with Crippen molar-refractivity contribution in [3.05, 3.63) is 69.6 Å². The molecule has 2 amide bonds. The zero-order valence-corrected chi connectivity index (χ0v) is 14.5. The lowest BCUT2D eigenvalue weighted by atomic mass is 10.2. The second kappa shape index (κ2) is 7.11. The summed E-state index contributed by atoms with van der Waals surface area (Å²) in [5, 5.41) is 3.34. The van der Waals surface area contributed by atoms with Gasteiger partial charge in [-0.3, -0.25) is 14.5 Å². The number of rotatable bonds is 4. The Bertz CT molecular complexity index is 818. The second-order valence-corrected chi connectivity index (χ2v) is 6.73. The van der Waals surface area contributed by atoms with Crippen LogP contribution in [0.1, 0.15) is 11.1 Å². The van der Waals surface area contributed by atoms with Crippen LogP contribution in [0.15, 0.2) is 53.4 Å². The van der Waals surface area contributed by atoms with Gasteiger partial charge in [0.1, 0.15) is 0 Å². The Kier molecular flexibility index (Phi) is 4.92. The number of carbonyl (C=O) groups is 2. The molecule has 4 nitrogen and oxygen atoms in total. The minimum absolute atomic E-state index is 0.133. The summed E-state index contributed by atoms with van der Waals surface area (Å²) in [6.07, 6.45) is 1.65. The highest BCUT2D eigenvalue weighted by Gasteiger charge is 2.34. The lowest BCUT2D eigenvalue weighted by molar-refractivity contribution is -0.122. The number of benzene rings is 2. The van der Waals surface area contributed by atoms with E-state index in [9.17, 15) is 9.59 Å². The van der Waals surface area contributed by atoms with E-state index in [0.29, 0.717) is 9.93 Å². The Morgan fingerprint density at radius 3 is 2.54 bits per heavy atom. The summed E-state index contributed by atoms with van der Waals surface area (Å²) in [6.45, 7) is 2.13. The number of thioether (sulfide) groups is 1. The van der Waals surface area contributed by atoms with Crippen molar-refractivity contribution in [2.75, 3.05) is 12.0 Å². The molecule has 2 aromatic rings. The van der Waals surface area contributed by atoms with Crippen LogP contribution < -0.4 is 5.32 Å². The average Bonchev–Trinajstić information content (AvgIpc) is 2.83. The second-order valence-electron chi connectivity index (χ2n) is 5.33. The fraction of sp³-hybridized carbons (Fsp3) is 0.111. The van der Waals surface area contributed by atoms with Crippen LogP contribution in [0.25, 0.3) is 6.08 Å². The fourth-order valence-electron chi connectivity index (χ4n) is 2.21. The molecule has 1 N–H and O–H groups in total. The van der Waals surface area contributed by atoms with Crippen molar-refractivity contribution in [3.8, 4) is 0 Å². The van der Waals surface area contributed by atoms with Gasteiger partial charge in [-0.05, 0) is 48.5 Å². The van der Waals surface area contributed by atoms with Crippen LogP contribution in [0.3, 0.4) is 0 Å². The summed E-state index contributed by atoms with van der Waals surface area (Å²) in [4.78, 5) is 26.1. The number of nitrogens with one attached hydrogen (secondary N) is 1. The number of imide groups is 1. The van der Waals surface area contributed by atoms with E-state index < -0.39 is 0 Å². The maximum Gasteiger partial charge on any atom is 0.295 e. The SMILES string of the molecule is Cc1ccc(NCN2C(=O)S/C(=C\c3ccccc3Cl)C2=O)cc1. The van der Waals surface area contributed by atoms with E-state index in [1.165, 1.54) is 4.90 Å². The number of aryl methyl sites for hydroxylation is 1. The molecule has 0 unspecified atom stereocenters. The highest BCUT2D eigenvalue weighted by molar-refractivity contribution is 8.18. The molecule has 0 radical (unpaired) electrons. The van der Waals surface area contributed by atoms with Gasteiger partial charge >= 0.3 is 0 Å². The largest absolute Gasteiger partial charge is 0.367 e. The molecule has 1 saturated heterocycles. The Balaban J connectivity index is 1.72. The molecule has 1 aliphatic rings. The summed E-state index contributed by atoms with van der Waals surface area (Å²) in [5.74, 6) is -0.315. The minimum atomic E-state index is -0.315. The van der Waals surface area contributed by atoms with Gasteiger partial charge in [-0.25, -0.2) is 0 Å². The number of nitrogens with zero attached hydrogens (tertiary/aromatic N) is 1. The van der Waals surface area contributed by atoms with Gasteiger partial charge in [-0.15, -0.1) is 0 Å². The van der Waals surface area contributed by atoms with Crippen LogP contribution in [0.2, 0.25) is 5.02 Å². The first kappa shape index (κ1) is 16.6. The monoisotopic (exact) mass is 358 g/mol.